The van der Waals surface area contributed by atoms with Crippen molar-refractivity contribution in [3.8, 4) is 22.8 Å². The maximum atomic E-state index is 7.35. The molecule has 0 saturated carbocycles. The number of halogens is 2. The monoisotopic (exact) mass is 611 g/mol. The Labute approximate surface area is 259 Å². The molecule has 6 heteroatoms. The third-order valence-electron chi connectivity index (χ3n) is 8.48. The van der Waals surface area contributed by atoms with Crippen LogP contribution in [0, 0.1) is 0 Å². The second kappa shape index (κ2) is 11.9. The SMILES string of the molecule is CC(C)[Si]1(C(C)C)O[C@@H](c2ccccc2)c2cc(-c3ccc(-c4ccc(Cl)c(Cl)c4)o3)nc(CCc3ccccc3)c21. The van der Waals surface area contributed by atoms with E-state index in [-0.39, 0.29) is 6.10 Å². The van der Waals surface area contributed by atoms with E-state index in [9.17, 15) is 0 Å². The van der Waals surface area contributed by atoms with Gasteiger partial charge in [0.2, 0.25) is 8.32 Å². The summed E-state index contributed by atoms with van der Waals surface area (Å²) in [7, 11) is -2.44. The number of pyridine rings is 1. The van der Waals surface area contributed by atoms with Crippen LogP contribution in [-0.4, -0.2) is 13.3 Å². The molecule has 3 heterocycles. The normalized spacial score (nSPS) is 15.9. The molecule has 0 unspecified atom stereocenters. The first-order valence-electron chi connectivity index (χ1n) is 14.6. The number of aryl methyl sites for hydroxylation is 2. The number of aromatic nitrogens is 1. The van der Waals surface area contributed by atoms with Gasteiger partial charge in [0.15, 0.2) is 5.76 Å². The average Bonchev–Trinajstić information content (AvgIpc) is 3.63. The minimum atomic E-state index is -2.44. The lowest BCUT2D eigenvalue weighted by molar-refractivity contribution is 0.243. The zero-order valence-corrected chi connectivity index (χ0v) is 26.9. The number of hydrogen-bond donors (Lipinski definition) is 0. The van der Waals surface area contributed by atoms with Crippen LogP contribution in [0.3, 0.4) is 0 Å². The van der Waals surface area contributed by atoms with E-state index in [4.69, 9.17) is 37.0 Å². The first-order chi connectivity index (χ1) is 20.3. The van der Waals surface area contributed by atoms with Gasteiger partial charge in [-0.2, -0.15) is 0 Å². The number of benzene rings is 3. The molecule has 42 heavy (non-hydrogen) atoms. The Bertz CT molecular complexity index is 1690. The first-order valence-corrected chi connectivity index (χ1v) is 17.5. The predicted octanol–water partition coefficient (Wildman–Crippen LogP) is 10.2. The molecule has 0 fully saturated rings. The summed E-state index contributed by atoms with van der Waals surface area (Å²) < 4.78 is 13.8. The summed E-state index contributed by atoms with van der Waals surface area (Å²) >= 11 is 12.5. The van der Waals surface area contributed by atoms with E-state index in [1.165, 1.54) is 21.9 Å². The Morgan fingerprint density at radius 3 is 2.07 bits per heavy atom. The van der Waals surface area contributed by atoms with Gasteiger partial charge in [0.25, 0.3) is 0 Å². The van der Waals surface area contributed by atoms with Crippen LogP contribution in [0.2, 0.25) is 21.1 Å². The lowest BCUT2D eigenvalue weighted by atomic mass is 9.98. The van der Waals surface area contributed by atoms with Crippen LogP contribution < -0.4 is 5.19 Å². The molecule has 6 rings (SSSR count). The van der Waals surface area contributed by atoms with E-state index < -0.39 is 8.32 Å². The van der Waals surface area contributed by atoms with E-state index >= 15 is 0 Å². The highest BCUT2D eigenvalue weighted by atomic mass is 35.5. The summed E-state index contributed by atoms with van der Waals surface area (Å²) in [6, 6.07) is 33.0. The van der Waals surface area contributed by atoms with Crippen molar-refractivity contribution in [1.82, 2.24) is 4.98 Å². The molecular formula is C36H35Cl2NO2Si. The van der Waals surface area contributed by atoms with Crippen LogP contribution in [0.5, 0.6) is 0 Å². The third-order valence-corrected chi connectivity index (χ3v) is 14.6. The summed E-state index contributed by atoms with van der Waals surface area (Å²) in [4.78, 5) is 5.37. The molecule has 1 aliphatic heterocycles. The number of furan rings is 1. The zero-order valence-electron chi connectivity index (χ0n) is 24.4. The van der Waals surface area contributed by atoms with E-state index in [1.807, 2.05) is 24.3 Å². The lowest BCUT2D eigenvalue weighted by Gasteiger charge is -2.36. The molecule has 1 aliphatic rings. The summed E-state index contributed by atoms with van der Waals surface area (Å²) in [5.41, 5.74) is 7.32. The summed E-state index contributed by atoms with van der Waals surface area (Å²) in [5.74, 6) is 1.44. The Morgan fingerprint density at radius 2 is 1.40 bits per heavy atom. The first kappa shape index (κ1) is 28.9. The quantitative estimate of drug-likeness (QED) is 0.164. The topological polar surface area (TPSA) is 35.3 Å². The molecule has 0 bridgehead atoms. The smallest absolute Gasteiger partial charge is 0.232 e. The van der Waals surface area contributed by atoms with E-state index in [1.54, 1.807) is 6.07 Å². The van der Waals surface area contributed by atoms with Gasteiger partial charge in [-0.3, -0.25) is 0 Å². The molecule has 1 atom stereocenters. The number of hydrogen-bond acceptors (Lipinski definition) is 3. The molecule has 0 N–H and O–H groups in total. The van der Waals surface area contributed by atoms with Crippen molar-refractivity contribution in [1.29, 1.82) is 0 Å². The van der Waals surface area contributed by atoms with Crippen LogP contribution in [-0.2, 0) is 17.3 Å². The van der Waals surface area contributed by atoms with Gasteiger partial charge in [-0.25, -0.2) is 4.98 Å². The van der Waals surface area contributed by atoms with Crippen molar-refractivity contribution >= 4 is 36.7 Å². The molecule has 0 radical (unpaired) electrons. The molecule has 0 saturated heterocycles. The minimum absolute atomic E-state index is 0.139. The molecule has 3 nitrogen and oxygen atoms in total. The largest absolute Gasteiger partial charge is 0.454 e. The molecule has 214 valence electrons. The van der Waals surface area contributed by atoms with Gasteiger partial charge in [-0.15, -0.1) is 0 Å². The number of nitrogens with zero attached hydrogens (tertiary/aromatic N) is 1. The molecule has 2 aromatic heterocycles. The third kappa shape index (κ3) is 5.26. The standard InChI is InChI=1S/C36H35Cl2NO2Si/c1-23(2)42(24(3)4)36-28(35(41-42)26-13-9-6-10-14-26)22-32(39-31(36)18-15-25-11-7-5-8-12-25)34-20-19-33(40-34)27-16-17-29(37)30(38)21-27/h5-14,16-17,19-24,35H,15,18H2,1-4H3/t35-/m0/s1. The number of fused-ring (bicyclic) bond motifs is 1. The fourth-order valence-corrected chi connectivity index (χ4v) is 11.9. The molecule has 5 aromatic rings. The second-order valence-corrected chi connectivity index (χ2v) is 17.2. The second-order valence-electron chi connectivity index (χ2n) is 11.7. The Hall–Kier alpha value is -3.15. The maximum Gasteiger partial charge on any atom is 0.232 e. The van der Waals surface area contributed by atoms with Gasteiger partial charge in [-0.1, -0.05) is 112 Å². The molecule has 0 amide bonds. The minimum Gasteiger partial charge on any atom is -0.454 e. The van der Waals surface area contributed by atoms with Gasteiger partial charge < -0.3 is 8.84 Å². The fraction of sp³-hybridized carbons (Fsp3) is 0.250. The molecule has 0 aliphatic carbocycles. The Morgan fingerprint density at radius 1 is 0.738 bits per heavy atom. The summed E-state index contributed by atoms with van der Waals surface area (Å²) in [6.45, 7) is 9.31. The summed E-state index contributed by atoms with van der Waals surface area (Å²) in [5, 5.41) is 2.39. The highest BCUT2D eigenvalue weighted by molar-refractivity contribution is 6.90. The zero-order chi connectivity index (χ0) is 29.4. The Kier molecular flexibility index (Phi) is 8.17. The van der Waals surface area contributed by atoms with Crippen molar-refractivity contribution in [3.63, 3.8) is 0 Å². The molecule has 0 spiro atoms. The summed E-state index contributed by atoms with van der Waals surface area (Å²) in [6.07, 6.45) is 1.60. The van der Waals surface area contributed by atoms with Crippen molar-refractivity contribution in [2.45, 2.75) is 57.7 Å². The van der Waals surface area contributed by atoms with Gasteiger partial charge in [0, 0.05) is 11.3 Å². The molecular weight excluding hydrogens is 577 g/mol. The number of rotatable bonds is 8. The predicted molar refractivity (Wildman–Crippen MR) is 176 cm³/mol. The van der Waals surface area contributed by atoms with Gasteiger partial charge >= 0.3 is 0 Å². The molecule has 3 aromatic carbocycles. The van der Waals surface area contributed by atoms with E-state index in [0.717, 1.165) is 41.3 Å². The van der Waals surface area contributed by atoms with Crippen LogP contribution >= 0.6 is 23.2 Å². The highest BCUT2D eigenvalue weighted by Crippen LogP contribution is 2.47. The van der Waals surface area contributed by atoms with E-state index in [0.29, 0.717) is 21.1 Å². The van der Waals surface area contributed by atoms with E-state index in [2.05, 4.69) is 94.4 Å². The van der Waals surface area contributed by atoms with Gasteiger partial charge in [-0.05, 0) is 82.2 Å². The van der Waals surface area contributed by atoms with Crippen molar-refractivity contribution in [3.05, 3.63) is 129 Å². The highest BCUT2D eigenvalue weighted by Gasteiger charge is 2.54. The lowest BCUT2D eigenvalue weighted by Crippen LogP contribution is -2.54. The average molecular weight is 613 g/mol. The van der Waals surface area contributed by atoms with Crippen LogP contribution in [0.15, 0.2) is 101 Å². The van der Waals surface area contributed by atoms with Crippen LogP contribution in [0.4, 0.5) is 0 Å². The Balaban J connectivity index is 1.53. The van der Waals surface area contributed by atoms with Crippen molar-refractivity contribution in [2.75, 3.05) is 0 Å². The van der Waals surface area contributed by atoms with Gasteiger partial charge in [0.05, 0.1) is 16.1 Å². The van der Waals surface area contributed by atoms with Crippen LogP contribution in [0.1, 0.15) is 56.2 Å². The van der Waals surface area contributed by atoms with Crippen molar-refractivity contribution < 1.29 is 8.84 Å². The maximum absolute atomic E-state index is 7.35. The van der Waals surface area contributed by atoms with Gasteiger partial charge in [0.1, 0.15) is 11.5 Å². The van der Waals surface area contributed by atoms with Crippen molar-refractivity contribution in [2.24, 2.45) is 0 Å². The van der Waals surface area contributed by atoms with Crippen LogP contribution in [0.25, 0.3) is 22.8 Å². The fourth-order valence-electron chi connectivity index (χ4n) is 6.48.